The lowest BCUT2D eigenvalue weighted by molar-refractivity contribution is 0.0531. The minimum Gasteiger partial charge on any atom is -0.497 e. The van der Waals surface area contributed by atoms with Crippen LogP contribution in [0.3, 0.4) is 0 Å². The number of methoxy groups -OCH3 is 1. The van der Waals surface area contributed by atoms with Gasteiger partial charge in [0.1, 0.15) is 5.75 Å². The lowest BCUT2D eigenvalue weighted by Crippen LogP contribution is -2.42. The normalized spacial score (nSPS) is 20.4. The van der Waals surface area contributed by atoms with Gasteiger partial charge in [-0.3, -0.25) is 4.99 Å². The molecule has 0 spiro atoms. The first-order chi connectivity index (χ1) is 15.1. The van der Waals surface area contributed by atoms with Crippen LogP contribution in [0.5, 0.6) is 5.75 Å². The van der Waals surface area contributed by atoms with Crippen molar-refractivity contribution in [2.24, 2.45) is 10.9 Å². The van der Waals surface area contributed by atoms with Crippen LogP contribution < -0.4 is 15.4 Å². The van der Waals surface area contributed by atoms with Crippen molar-refractivity contribution in [3.05, 3.63) is 29.8 Å². The molecule has 31 heavy (non-hydrogen) atoms. The van der Waals surface area contributed by atoms with Crippen molar-refractivity contribution in [3.63, 3.8) is 0 Å². The molecule has 174 valence electrons. The highest BCUT2D eigenvalue weighted by Gasteiger charge is 2.34. The zero-order valence-corrected chi connectivity index (χ0v) is 19.8. The first-order valence-corrected chi connectivity index (χ1v) is 12.1. The summed E-state index contributed by atoms with van der Waals surface area (Å²) in [6.45, 7) is 12.3. The van der Waals surface area contributed by atoms with Crippen LogP contribution in [0.2, 0.25) is 0 Å². The van der Waals surface area contributed by atoms with Crippen LogP contribution in [-0.4, -0.2) is 70.5 Å². The van der Waals surface area contributed by atoms with Crippen LogP contribution in [-0.2, 0) is 10.2 Å². The summed E-state index contributed by atoms with van der Waals surface area (Å²) in [4.78, 5) is 7.62. The van der Waals surface area contributed by atoms with E-state index in [9.17, 15) is 0 Å². The molecule has 2 saturated heterocycles. The van der Waals surface area contributed by atoms with E-state index in [0.29, 0.717) is 0 Å². The quantitative estimate of drug-likeness (QED) is 0.357. The van der Waals surface area contributed by atoms with E-state index in [-0.39, 0.29) is 5.41 Å². The zero-order valence-electron chi connectivity index (χ0n) is 19.8. The van der Waals surface area contributed by atoms with E-state index in [1.165, 1.54) is 38.0 Å². The Hall–Kier alpha value is -1.79. The van der Waals surface area contributed by atoms with Crippen LogP contribution in [0.15, 0.2) is 29.3 Å². The highest BCUT2D eigenvalue weighted by molar-refractivity contribution is 5.79. The number of guanidine groups is 1. The van der Waals surface area contributed by atoms with Crippen LogP contribution in [0.25, 0.3) is 0 Å². The summed E-state index contributed by atoms with van der Waals surface area (Å²) < 4.78 is 11.0. The molecule has 6 nitrogen and oxygen atoms in total. The second-order valence-electron chi connectivity index (χ2n) is 9.12. The summed E-state index contributed by atoms with van der Waals surface area (Å²) in [5.41, 5.74) is 1.35. The van der Waals surface area contributed by atoms with Crippen molar-refractivity contribution in [1.82, 2.24) is 15.5 Å². The van der Waals surface area contributed by atoms with Gasteiger partial charge < -0.3 is 25.0 Å². The van der Waals surface area contributed by atoms with Crippen molar-refractivity contribution in [2.75, 3.05) is 59.6 Å². The Kier molecular flexibility index (Phi) is 9.47. The fourth-order valence-corrected chi connectivity index (χ4v) is 4.61. The molecule has 3 rings (SSSR count). The van der Waals surface area contributed by atoms with Crippen molar-refractivity contribution < 1.29 is 9.47 Å². The van der Waals surface area contributed by atoms with E-state index in [4.69, 9.17) is 14.5 Å². The number of hydrogen-bond acceptors (Lipinski definition) is 4. The summed E-state index contributed by atoms with van der Waals surface area (Å²) in [5, 5.41) is 6.98. The third-order valence-corrected chi connectivity index (χ3v) is 6.86. The van der Waals surface area contributed by atoms with Crippen LogP contribution in [0.4, 0.5) is 0 Å². The molecule has 0 unspecified atom stereocenters. The van der Waals surface area contributed by atoms with Crippen LogP contribution in [0.1, 0.15) is 51.5 Å². The van der Waals surface area contributed by atoms with Gasteiger partial charge in [-0.1, -0.05) is 19.1 Å². The lowest BCUT2D eigenvalue weighted by atomic mass is 9.74. The molecule has 2 aliphatic rings. The van der Waals surface area contributed by atoms with Gasteiger partial charge in [0.05, 0.1) is 13.7 Å². The molecule has 1 aromatic rings. The second-order valence-corrected chi connectivity index (χ2v) is 9.12. The van der Waals surface area contributed by atoms with Gasteiger partial charge >= 0.3 is 0 Å². The Labute approximate surface area is 188 Å². The zero-order chi connectivity index (χ0) is 21.9. The van der Waals surface area contributed by atoms with Gasteiger partial charge in [-0.2, -0.15) is 0 Å². The molecule has 0 aliphatic carbocycles. The molecule has 0 radical (unpaired) electrons. The number of piperidine rings is 1. The molecule has 2 heterocycles. The van der Waals surface area contributed by atoms with Gasteiger partial charge in [0.15, 0.2) is 5.96 Å². The monoisotopic (exact) mass is 430 g/mol. The first kappa shape index (κ1) is 23.9. The van der Waals surface area contributed by atoms with Gasteiger partial charge in [-0.25, -0.2) is 0 Å². The summed E-state index contributed by atoms with van der Waals surface area (Å²) >= 11 is 0. The van der Waals surface area contributed by atoms with E-state index >= 15 is 0 Å². The summed E-state index contributed by atoms with van der Waals surface area (Å²) in [6, 6.07) is 8.50. The van der Waals surface area contributed by atoms with E-state index in [1.54, 1.807) is 7.11 Å². The topological polar surface area (TPSA) is 58.1 Å². The lowest BCUT2D eigenvalue weighted by Gasteiger charge is -2.36. The maximum Gasteiger partial charge on any atom is 0.191 e. The fourth-order valence-electron chi connectivity index (χ4n) is 4.61. The SMILES string of the molecule is CCNC(=NCC1(c2ccc(OC)cc2)CCOCC1)NCCCN1CCC(C)CC1. The number of benzene rings is 1. The smallest absolute Gasteiger partial charge is 0.191 e. The largest absolute Gasteiger partial charge is 0.497 e. The molecule has 2 N–H and O–H groups in total. The fraction of sp³-hybridized carbons (Fsp3) is 0.720. The maximum atomic E-state index is 5.68. The minimum absolute atomic E-state index is 0.0252. The molecule has 2 fully saturated rings. The molecular weight excluding hydrogens is 388 g/mol. The predicted octanol–water partition coefficient (Wildman–Crippen LogP) is 3.42. The number of aliphatic imine (C=N–C) groups is 1. The Morgan fingerprint density at radius 3 is 2.52 bits per heavy atom. The summed E-state index contributed by atoms with van der Waals surface area (Å²) in [6.07, 6.45) is 5.82. The maximum absolute atomic E-state index is 5.68. The molecule has 2 aliphatic heterocycles. The molecular formula is C25H42N4O2. The third-order valence-electron chi connectivity index (χ3n) is 6.86. The van der Waals surface area contributed by atoms with Crippen LogP contribution >= 0.6 is 0 Å². The van der Waals surface area contributed by atoms with E-state index in [1.807, 2.05) is 0 Å². The van der Waals surface area contributed by atoms with Gasteiger partial charge in [0.25, 0.3) is 0 Å². The van der Waals surface area contributed by atoms with E-state index in [0.717, 1.165) is 69.7 Å². The number of nitrogens with zero attached hydrogens (tertiary/aromatic N) is 2. The molecule has 0 aromatic heterocycles. The molecule has 0 saturated carbocycles. The number of nitrogens with one attached hydrogen (secondary N) is 2. The van der Waals surface area contributed by atoms with Crippen molar-refractivity contribution in [1.29, 1.82) is 0 Å². The van der Waals surface area contributed by atoms with Gasteiger partial charge in [0, 0.05) is 31.7 Å². The van der Waals surface area contributed by atoms with Crippen LogP contribution in [0, 0.1) is 5.92 Å². The van der Waals surface area contributed by atoms with Crippen molar-refractivity contribution in [2.45, 2.75) is 51.4 Å². The van der Waals surface area contributed by atoms with Crippen molar-refractivity contribution in [3.8, 4) is 5.75 Å². The number of rotatable bonds is 9. The Morgan fingerprint density at radius 1 is 1.16 bits per heavy atom. The highest BCUT2D eigenvalue weighted by atomic mass is 16.5. The summed E-state index contributed by atoms with van der Waals surface area (Å²) in [7, 11) is 1.71. The Balaban J connectivity index is 1.56. The number of likely N-dealkylation sites (tertiary alicyclic amines) is 1. The van der Waals surface area contributed by atoms with E-state index < -0.39 is 0 Å². The standard InChI is InChI=1S/C25H42N4O2/c1-4-26-24(27-14-5-15-29-16-10-21(2)11-17-29)28-20-25(12-18-31-19-13-25)22-6-8-23(30-3)9-7-22/h6-9,21H,4-5,10-20H2,1-3H3,(H2,26,27,28). The van der Waals surface area contributed by atoms with E-state index in [2.05, 4.69) is 53.6 Å². The highest BCUT2D eigenvalue weighted by Crippen LogP contribution is 2.36. The minimum atomic E-state index is 0.0252. The molecule has 6 heteroatoms. The Bertz CT molecular complexity index is 663. The number of ether oxygens (including phenoxy) is 2. The summed E-state index contributed by atoms with van der Waals surface area (Å²) in [5.74, 6) is 2.71. The number of hydrogen-bond donors (Lipinski definition) is 2. The van der Waals surface area contributed by atoms with Crippen molar-refractivity contribution >= 4 is 5.96 Å². The molecule has 0 amide bonds. The third kappa shape index (κ3) is 7.11. The van der Waals surface area contributed by atoms with Gasteiger partial charge in [-0.15, -0.1) is 0 Å². The first-order valence-electron chi connectivity index (χ1n) is 12.1. The van der Waals surface area contributed by atoms with Gasteiger partial charge in [0.2, 0.25) is 0 Å². The molecule has 0 atom stereocenters. The second kappa shape index (κ2) is 12.3. The van der Waals surface area contributed by atoms with Gasteiger partial charge in [-0.05, 0) is 82.3 Å². The predicted molar refractivity (Wildman–Crippen MR) is 128 cm³/mol. The molecule has 0 bridgehead atoms. The average Bonchev–Trinajstić information content (AvgIpc) is 2.82. The average molecular weight is 431 g/mol. The molecule has 1 aromatic carbocycles. The Morgan fingerprint density at radius 2 is 1.87 bits per heavy atom.